The van der Waals surface area contributed by atoms with Gasteiger partial charge in [0.05, 0.1) is 5.60 Å². The Kier molecular flexibility index (Phi) is 3.09. The van der Waals surface area contributed by atoms with Gasteiger partial charge in [-0.2, -0.15) is 0 Å². The minimum absolute atomic E-state index is 0.0108. The van der Waals surface area contributed by atoms with Gasteiger partial charge in [-0.1, -0.05) is 39.5 Å². The first-order valence-electron chi connectivity index (χ1n) is 6.90. The molecule has 2 nitrogen and oxygen atoms in total. The average molecular weight is 225 g/mol. The first-order chi connectivity index (χ1) is 7.47. The number of nitrogens with two attached hydrogens (primary N) is 1. The predicted molar refractivity (Wildman–Crippen MR) is 67.2 cm³/mol. The van der Waals surface area contributed by atoms with Crippen molar-refractivity contribution in [3.63, 3.8) is 0 Å². The molecule has 2 fully saturated rings. The van der Waals surface area contributed by atoms with Gasteiger partial charge in [-0.25, -0.2) is 0 Å². The minimum Gasteiger partial charge on any atom is -0.389 e. The number of rotatable bonds is 2. The van der Waals surface area contributed by atoms with Crippen molar-refractivity contribution in [1.29, 1.82) is 0 Å². The number of aliphatic hydroxyl groups is 1. The molecule has 0 saturated heterocycles. The molecule has 2 rings (SSSR count). The summed E-state index contributed by atoms with van der Waals surface area (Å²) in [7, 11) is 0. The van der Waals surface area contributed by atoms with Crippen LogP contribution in [0.15, 0.2) is 0 Å². The van der Waals surface area contributed by atoms with Crippen LogP contribution >= 0.6 is 0 Å². The molecule has 0 bridgehead atoms. The summed E-state index contributed by atoms with van der Waals surface area (Å²) in [5.74, 6) is 0. The molecule has 0 spiro atoms. The standard InChI is InChI=1S/C14H27NO/c1-12(2)7-3-6-10-14(12,16)13(11-15)8-4-5-9-13/h16H,3-11,15H2,1-2H3. The highest BCUT2D eigenvalue weighted by Gasteiger charge is 2.58. The summed E-state index contributed by atoms with van der Waals surface area (Å²) in [4.78, 5) is 0. The van der Waals surface area contributed by atoms with Crippen molar-refractivity contribution in [2.24, 2.45) is 16.6 Å². The van der Waals surface area contributed by atoms with Gasteiger partial charge in [-0.05, 0) is 31.1 Å². The van der Waals surface area contributed by atoms with Crippen LogP contribution in [0.25, 0.3) is 0 Å². The fraction of sp³-hybridized carbons (Fsp3) is 1.00. The van der Waals surface area contributed by atoms with E-state index in [0.717, 1.165) is 25.7 Å². The van der Waals surface area contributed by atoms with Crippen LogP contribution in [0.5, 0.6) is 0 Å². The molecular formula is C14H27NO. The van der Waals surface area contributed by atoms with Gasteiger partial charge in [0.2, 0.25) is 0 Å². The Morgan fingerprint density at radius 1 is 0.938 bits per heavy atom. The van der Waals surface area contributed by atoms with E-state index in [1.807, 2.05) is 0 Å². The summed E-state index contributed by atoms with van der Waals surface area (Å²) in [5.41, 5.74) is 5.57. The van der Waals surface area contributed by atoms with Gasteiger partial charge in [0.25, 0.3) is 0 Å². The van der Waals surface area contributed by atoms with E-state index in [0.29, 0.717) is 6.54 Å². The Balaban J connectivity index is 2.34. The van der Waals surface area contributed by atoms with Gasteiger partial charge in [-0.15, -0.1) is 0 Å². The summed E-state index contributed by atoms with van der Waals surface area (Å²) in [6.07, 6.45) is 9.28. The van der Waals surface area contributed by atoms with Crippen LogP contribution < -0.4 is 5.73 Å². The van der Waals surface area contributed by atoms with Gasteiger partial charge in [-0.3, -0.25) is 0 Å². The lowest BCUT2D eigenvalue weighted by Gasteiger charge is -2.56. The van der Waals surface area contributed by atoms with Crippen molar-refractivity contribution in [3.8, 4) is 0 Å². The van der Waals surface area contributed by atoms with Gasteiger partial charge < -0.3 is 10.8 Å². The fourth-order valence-corrected chi connectivity index (χ4v) is 4.31. The van der Waals surface area contributed by atoms with Crippen LogP contribution in [-0.2, 0) is 0 Å². The topological polar surface area (TPSA) is 46.2 Å². The second kappa shape index (κ2) is 3.99. The third-order valence-electron chi connectivity index (χ3n) is 5.54. The summed E-state index contributed by atoms with van der Waals surface area (Å²) < 4.78 is 0. The third kappa shape index (κ3) is 1.53. The molecule has 0 aromatic heterocycles. The van der Waals surface area contributed by atoms with E-state index in [4.69, 9.17) is 5.73 Å². The van der Waals surface area contributed by atoms with E-state index in [-0.39, 0.29) is 10.8 Å². The van der Waals surface area contributed by atoms with E-state index >= 15 is 0 Å². The number of hydrogen-bond donors (Lipinski definition) is 2. The Labute approximate surface area is 99.6 Å². The monoisotopic (exact) mass is 225 g/mol. The second-order valence-electron chi connectivity index (χ2n) is 6.64. The molecule has 2 aliphatic carbocycles. The van der Waals surface area contributed by atoms with Crippen LogP contribution in [0.1, 0.15) is 65.2 Å². The van der Waals surface area contributed by atoms with Crippen molar-refractivity contribution in [1.82, 2.24) is 0 Å². The summed E-state index contributed by atoms with van der Waals surface area (Å²) in [6, 6.07) is 0. The van der Waals surface area contributed by atoms with Crippen LogP contribution in [-0.4, -0.2) is 17.3 Å². The lowest BCUT2D eigenvalue weighted by atomic mass is 9.53. The van der Waals surface area contributed by atoms with Crippen molar-refractivity contribution in [2.45, 2.75) is 70.8 Å². The highest BCUT2D eigenvalue weighted by molar-refractivity contribution is 5.10. The van der Waals surface area contributed by atoms with E-state index < -0.39 is 5.60 Å². The Morgan fingerprint density at radius 2 is 1.44 bits per heavy atom. The molecule has 2 aliphatic rings. The van der Waals surface area contributed by atoms with E-state index in [2.05, 4.69) is 13.8 Å². The molecule has 16 heavy (non-hydrogen) atoms. The third-order valence-corrected chi connectivity index (χ3v) is 5.54. The minimum atomic E-state index is -0.524. The Hall–Kier alpha value is -0.0800. The van der Waals surface area contributed by atoms with E-state index in [9.17, 15) is 5.11 Å². The first-order valence-corrected chi connectivity index (χ1v) is 6.90. The molecule has 3 N–H and O–H groups in total. The second-order valence-corrected chi connectivity index (χ2v) is 6.64. The molecular weight excluding hydrogens is 198 g/mol. The van der Waals surface area contributed by atoms with Gasteiger partial charge >= 0.3 is 0 Å². The predicted octanol–water partition coefficient (Wildman–Crippen LogP) is 2.84. The molecule has 0 aromatic carbocycles. The highest BCUT2D eigenvalue weighted by atomic mass is 16.3. The first kappa shape index (κ1) is 12.4. The van der Waals surface area contributed by atoms with E-state index in [1.54, 1.807) is 0 Å². The van der Waals surface area contributed by atoms with Gasteiger partial charge in [0.15, 0.2) is 0 Å². The van der Waals surface area contributed by atoms with Crippen molar-refractivity contribution in [3.05, 3.63) is 0 Å². The fourth-order valence-electron chi connectivity index (χ4n) is 4.31. The van der Waals surface area contributed by atoms with Crippen molar-refractivity contribution in [2.75, 3.05) is 6.54 Å². The molecule has 2 heteroatoms. The summed E-state index contributed by atoms with van der Waals surface area (Å²) >= 11 is 0. The molecule has 1 atom stereocenters. The zero-order valence-corrected chi connectivity index (χ0v) is 10.9. The molecule has 94 valence electrons. The van der Waals surface area contributed by atoms with Crippen LogP contribution in [0.4, 0.5) is 0 Å². The molecule has 0 aromatic rings. The SMILES string of the molecule is CC1(C)CCCCC1(O)C1(CN)CCCC1. The maximum Gasteiger partial charge on any atom is 0.0766 e. The zero-order chi connectivity index (χ0) is 11.9. The van der Waals surface area contributed by atoms with Crippen LogP contribution in [0, 0.1) is 10.8 Å². The lowest BCUT2D eigenvalue weighted by molar-refractivity contribution is -0.179. The normalized spacial score (nSPS) is 37.5. The molecule has 0 aliphatic heterocycles. The maximum absolute atomic E-state index is 11.3. The summed E-state index contributed by atoms with van der Waals surface area (Å²) in [6.45, 7) is 5.14. The quantitative estimate of drug-likeness (QED) is 0.759. The summed E-state index contributed by atoms with van der Waals surface area (Å²) in [5, 5.41) is 11.3. The van der Waals surface area contributed by atoms with Crippen molar-refractivity contribution < 1.29 is 5.11 Å². The van der Waals surface area contributed by atoms with Gasteiger partial charge in [0, 0.05) is 12.0 Å². The largest absolute Gasteiger partial charge is 0.389 e. The van der Waals surface area contributed by atoms with Crippen LogP contribution in [0.3, 0.4) is 0 Å². The Bertz CT molecular complexity index is 255. The van der Waals surface area contributed by atoms with Crippen molar-refractivity contribution >= 4 is 0 Å². The average Bonchev–Trinajstić information content (AvgIpc) is 2.72. The van der Waals surface area contributed by atoms with Crippen LogP contribution in [0.2, 0.25) is 0 Å². The Morgan fingerprint density at radius 3 is 1.94 bits per heavy atom. The van der Waals surface area contributed by atoms with E-state index in [1.165, 1.54) is 25.7 Å². The molecule has 0 amide bonds. The van der Waals surface area contributed by atoms with Gasteiger partial charge in [0.1, 0.15) is 0 Å². The smallest absolute Gasteiger partial charge is 0.0766 e. The number of hydrogen-bond acceptors (Lipinski definition) is 2. The maximum atomic E-state index is 11.3. The molecule has 0 heterocycles. The molecule has 1 unspecified atom stereocenters. The zero-order valence-electron chi connectivity index (χ0n) is 10.9. The lowest BCUT2D eigenvalue weighted by Crippen LogP contribution is -2.60. The molecule has 0 radical (unpaired) electrons. The molecule has 2 saturated carbocycles. The highest BCUT2D eigenvalue weighted by Crippen LogP contribution is 2.58.